The van der Waals surface area contributed by atoms with Crippen LogP contribution in [-0.4, -0.2) is 17.5 Å². The Balaban J connectivity index is 1.10. The van der Waals surface area contributed by atoms with Crippen LogP contribution in [0.4, 0.5) is 5.13 Å². The van der Waals surface area contributed by atoms with Gasteiger partial charge in [0.2, 0.25) is 0 Å². The predicted octanol–water partition coefficient (Wildman–Crippen LogP) is 5.78. The molecule has 1 aromatic heterocycles. The van der Waals surface area contributed by atoms with Crippen molar-refractivity contribution >= 4 is 33.1 Å². The molecule has 4 bridgehead atoms. The molecule has 1 N–H and O–H groups in total. The summed E-state index contributed by atoms with van der Waals surface area (Å²) in [5.74, 6) is 3.23. The van der Waals surface area contributed by atoms with Crippen molar-refractivity contribution < 1.29 is 9.53 Å². The van der Waals surface area contributed by atoms with Crippen molar-refractivity contribution in [1.82, 2.24) is 4.98 Å². The smallest absolute Gasteiger partial charge is 0.264 e. The Kier molecular flexibility index (Phi) is 4.34. The summed E-state index contributed by atoms with van der Waals surface area (Å²) in [7, 11) is 0. The van der Waals surface area contributed by atoms with Crippen LogP contribution in [0, 0.1) is 17.8 Å². The van der Waals surface area contributed by atoms with E-state index >= 15 is 0 Å². The average molecular weight is 419 g/mol. The highest BCUT2D eigenvalue weighted by molar-refractivity contribution is 7.14. The summed E-state index contributed by atoms with van der Waals surface area (Å²) in [4.78, 5) is 17.3. The Morgan fingerprint density at radius 2 is 1.73 bits per heavy atom. The first-order chi connectivity index (χ1) is 14.6. The van der Waals surface area contributed by atoms with Crippen molar-refractivity contribution in [2.45, 2.75) is 43.9 Å². The molecule has 4 aliphatic rings. The molecule has 2 aromatic carbocycles. The highest BCUT2D eigenvalue weighted by atomic mass is 32.1. The SMILES string of the molecule is O=C(COc1ccc2ccccc2c1)Nc1nc(C23CC4CC(CC(C4)C2)C3)cs1. The molecule has 1 heterocycles. The summed E-state index contributed by atoms with van der Waals surface area (Å²) in [6.45, 7) is -0.00931. The van der Waals surface area contributed by atoms with E-state index in [1.54, 1.807) is 11.3 Å². The molecule has 0 saturated heterocycles. The third kappa shape index (κ3) is 3.29. The molecule has 4 aliphatic carbocycles. The molecule has 1 amide bonds. The van der Waals surface area contributed by atoms with Gasteiger partial charge in [0.1, 0.15) is 5.75 Å². The normalized spacial score (nSPS) is 29.3. The van der Waals surface area contributed by atoms with Gasteiger partial charge in [-0.15, -0.1) is 11.3 Å². The lowest BCUT2D eigenvalue weighted by molar-refractivity contribution is -0.118. The van der Waals surface area contributed by atoms with Gasteiger partial charge in [0.05, 0.1) is 5.69 Å². The molecular weight excluding hydrogens is 392 g/mol. The van der Waals surface area contributed by atoms with Crippen LogP contribution in [0.25, 0.3) is 10.8 Å². The summed E-state index contributed by atoms with van der Waals surface area (Å²) in [5.41, 5.74) is 1.49. The molecule has 4 saturated carbocycles. The lowest BCUT2D eigenvalue weighted by atomic mass is 9.49. The van der Waals surface area contributed by atoms with Crippen molar-refractivity contribution in [1.29, 1.82) is 0 Å². The van der Waals surface area contributed by atoms with Gasteiger partial charge in [-0.3, -0.25) is 10.1 Å². The van der Waals surface area contributed by atoms with E-state index in [-0.39, 0.29) is 17.9 Å². The van der Waals surface area contributed by atoms with E-state index in [1.165, 1.54) is 44.2 Å². The molecule has 3 aromatic rings. The Morgan fingerprint density at radius 1 is 1.03 bits per heavy atom. The zero-order valence-electron chi connectivity index (χ0n) is 17.0. The Bertz CT molecular complexity index is 1070. The number of benzene rings is 2. The first kappa shape index (κ1) is 18.4. The van der Waals surface area contributed by atoms with E-state index in [1.807, 2.05) is 36.4 Å². The fraction of sp³-hybridized carbons (Fsp3) is 0.440. The van der Waals surface area contributed by atoms with Gasteiger partial charge in [0.25, 0.3) is 5.91 Å². The summed E-state index contributed by atoms with van der Waals surface area (Å²) in [6.07, 6.45) is 8.17. The van der Waals surface area contributed by atoms with E-state index < -0.39 is 0 Å². The van der Waals surface area contributed by atoms with Crippen LogP contribution in [0.1, 0.15) is 44.2 Å². The van der Waals surface area contributed by atoms with E-state index in [4.69, 9.17) is 9.72 Å². The minimum absolute atomic E-state index is 0.00931. The maximum atomic E-state index is 12.4. The molecule has 0 aliphatic heterocycles. The molecule has 0 spiro atoms. The zero-order chi connectivity index (χ0) is 20.1. The van der Waals surface area contributed by atoms with Gasteiger partial charge in [-0.25, -0.2) is 4.98 Å². The van der Waals surface area contributed by atoms with E-state index in [0.29, 0.717) is 10.9 Å². The molecule has 0 radical (unpaired) electrons. The minimum Gasteiger partial charge on any atom is -0.484 e. The lowest BCUT2D eigenvalue weighted by Crippen LogP contribution is -2.48. The van der Waals surface area contributed by atoms with Gasteiger partial charge in [0, 0.05) is 10.8 Å². The summed E-state index contributed by atoms with van der Waals surface area (Å²) >= 11 is 1.55. The van der Waals surface area contributed by atoms with Crippen LogP contribution >= 0.6 is 11.3 Å². The molecule has 0 atom stereocenters. The number of aromatic nitrogens is 1. The number of carbonyl (C=O) groups is 1. The number of anilines is 1. The molecule has 30 heavy (non-hydrogen) atoms. The van der Waals surface area contributed by atoms with Crippen molar-refractivity contribution in [3.63, 3.8) is 0 Å². The Labute approximate surface area is 180 Å². The number of nitrogens with one attached hydrogen (secondary N) is 1. The second-order valence-electron chi connectivity index (χ2n) is 9.58. The van der Waals surface area contributed by atoms with Gasteiger partial charge in [0.15, 0.2) is 11.7 Å². The number of rotatable bonds is 5. The highest BCUT2D eigenvalue weighted by Crippen LogP contribution is 2.60. The van der Waals surface area contributed by atoms with Crippen LogP contribution in [-0.2, 0) is 10.2 Å². The molecular formula is C25H26N2O2S. The van der Waals surface area contributed by atoms with Gasteiger partial charge in [-0.1, -0.05) is 30.3 Å². The zero-order valence-corrected chi connectivity index (χ0v) is 17.8. The van der Waals surface area contributed by atoms with Crippen LogP contribution in [0.5, 0.6) is 5.75 Å². The van der Waals surface area contributed by atoms with Gasteiger partial charge in [-0.2, -0.15) is 0 Å². The van der Waals surface area contributed by atoms with Crippen LogP contribution < -0.4 is 10.1 Å². The van der Waals surface area contributed by atoms with Gasteiger partial charge >= 0.3 is 0 Å². The van der Waals surface area contributed by atoms with Crippen LogP contribution in [0.2, 0.25) is 0 Å². The predicted molar refractivity (Wildman–Crippen MR) is 120 cm³/mol. The maximum absolute atomic E-state index is 12.4. The maximum Gasteiger partial charge on any atom is 0.264 e. The summed E-state index contributed by atoms with van der Waals surface area (Å²) < 4.78 is 5.72. The number of ether oxygens (including phenoxy) is 1. The largest absolute Gasteiger partial charge is 0.484 e. The first-order valence-electron chi connectivity index (χ1n) is 11.0. The quantitative estimate of drug-likeness (QED) is 0.571. The molecule has 0 unspecified atom stereocenters. The topological polar surface area (TPSA) is 51.2 Å². The van der Waals surface area contributed by atoms with E-state index in [0.717, 1.165) is 28.5 Å². The van der Waals surface area contributed by atoms with Crippen molar-refractivity contribution in [2.75, 3.05) is 11.9 Å². The molecule has 5 heteroatoms. The molecule has 154 valence electrons. The third-order valence-electron chi connectivity index (χ3n) is 7.42. The van der Waals surface area contributed by atoms with Crippen molar-refractivity contribution in [3.05, 3.63) is 53.5 Å². The number of fused-ring (bicyclic) bond motifs is 1. The van der Waals surface area contributed by atoms with Crippen LogP contribution in [0.15, 0.2) is 47.8 Å². The van der Waals surface area contributed by atoms with Crippen molar-refractivity contribution in [2.24, 2.45) is 17.8 Å². The second-order valence-corrected chi connectivity index (χ2v) is 10.4. The lowest BCUT2D eigenvalue weighted by Gasteiger charge is -2.56. The monoisotopic (exact) mass is 418 g/mol. The fourth-order valence-corrected chi connectivity index (χ4v) is 7.41. The number of nitrogens with zero attached hydrogens (tertiary/aromatic N) is 1. The first-order valence-corrected chi connectivity index (χ1v) is 11.9. The van der Waals surface area contributed by atoms with Gasteiger partial charge in [-0.05, 0) is 79.2 Å². The average Bonchev–Trinajstić information content (AvgIpc) is 3.20. The van der Waals surface area contributed by atoms with E-state index in [9.17, 15) is 4.79 Å². The van der Waals surface area contributed by atoms with Crippen molar-refractivity contribution in [3.8, 4) is 5.75 Å². The highest BCUT2D eigenvalue weighted by Gasteiger charge is 2.52. The summed E-state index contributed by atoms with van der Waals surface area (Å²) in [6, 6.07) is 14.0. The number of amides is 1. The standard InChI is InChI=1S/C25H26N2O2S/c28-23(14-29-21-6-5-19-3-1-2-4-20(19)10-21)27-24-26-22(15-30-24)25-11-16-7-17(12-25)9-18(8-16)13-25/h1-6,10,15-18H,7-9,11-14H2,(H,26,27,28). The number of hydrogen-bond donors (Lipinski definition) is 1. The minimum atomic E-state index is -0.158. The molecule has 4 fully saturated rings. The molecule has 7 rings (SSSR count). The Hall–Kier alpha value is -2.40. The number of hydrogen-bond acceptors (Lipinski definition) is 4. The van der Waals surface area contributed by atoms with Gasteiger partial charge < -0.3 is 4.74 Å². The molecule has 4 nitrogen and oxygen atoms in total. The number of carbonyl (C=O) groups excluding carboxylic acids is 1. The summed E-state index contributed by atoms with van der Waals surface area (Å²) in [5, 5.41) is 8.10. The Morgan fingerprint density at radius 3 is 2.47 bits per heavy atom. The number of thiazole rings is 1. The fourth-order valence-electron chi connectivity index (χ4n) is 6.56. The van der Waals surface area contributed by atoms with E-state index in [2.05, 4.69) is 16.8 Å². The third-order valence-corrected chi connectivity index (χ3v) is 8.18. The second kappa shape index (κ2) is 7.09. The van der Waals surface area contributed by atoms with Crippen LogP contribution in [0.3, 0.4) is 0 Å².